The van der Waals surface area contributed by atoms with Crippen LogP contribution in [-0.2, 0) is 10.3 Å². The Labute approximate surface area is 174 Å². The van der Waals surface area contributed by atoms with E-state index < -0.39 is 0 Å². The second kappa shape index (κ2) is 7.63. The van der Waals surface area contributed by atoms with Crippen molar-refractivity contribution in [3.8, 4) is 11.6 Å². The molecule has 3 aromatic rings. The summed E-state index contributed by atoms with van der Waals surface area (Å²) in [4.78, 5) is 21.5. The number of benzene rings is 1. The number of ether oxygens (including phenoxy) is 1. The molecule has 7 nitrogen and oxygen atoms in total. The molecule has 1 saturated carbocycles. The number of fused-ring (bicyclic) bond motifs is 1. The Morgan fingerprint density at radius 3 is 2.69 bits per heavy atom. The van der Waals surface area contributed by atoms with Crippen molar-refractivity contribution in [1.29, 1.82) is 0 Å². The number of nitrogens with zero attached hydrogens (tertiary/aromatic N) is 4. The predicted octanol–water partition coefficient (Wildman–Crippen LogP) is 5.16. The van der Waals surface area contributed by atoms with E-state index >= 15 is 0 Å². The topological polar surface area (TPSA) is 81.9 Å². The zero-order valence-corrected chi connectivity index (χ0v) is 17.5. The molecule has 1 aliphatic carbocycles. The molecular weight excluding hydrogens is 390 g/mol. The van der Waals surface area contributed by atoms with Crippen LogP contribution in [0.4, 0.5) is 5.82 Å². The molecule has 0 atom stereocenters. The first-order valence-electron chi connectivity index (χ1n) is 9.81. The molecule has 1 aromatic carbocycles. The van der Waals surface area contributed by atoms with Crippen molar-refractivity contribution in [2.45, 2.75) is 52.0 Å². The summed E-state index contributed by atoms with van der Waals surface area (Å²) >= 11 is 6.09. The monoisotopic (exact) mass is 413 g/mol. The first-order valence-corrected chi connectivity index (χ1v) is 10.2. The minimum Gasteiger partial charge on any atom is -0.437 e. The second-order valence-corrected chi connectivity index (χ2v) is 8.78. The smallest absolute Gasteiger partial charge is 0.251 e. The maximum Gasteiger partial charge on any atom is 0.251 e. The van der Waals surface area contributed by atoms with E-state index in [9.17, 15) is 4.79 Å². The van der Waals surface area contributed by atoms with Gasteiger partial charge in [0.05, 0.1) is 5.54 Å². The number of amides is 1. The molecular formula is C21H24ClN5O2. The Hall–Kier alpha value is -2.67. The van der Waals surface area contributed by atoms with Crippen molar-refractivity contribution in [2.24, 2.45) is 5.92 Å². The number of aromatic nitrogens is 4. The molecule has 1 fully saturated rings. The molecule has 0 radical (unpaired) electrons. The number of hydrogen-bond donors (Lipinski definition) is 1. The first-order chi connectivity index (χ1) is 13.8. The molecule has 4 rings (SSSR count). The van der Waals surface area contributed by atoms with Crippen LogP contribution in [0.3, 0.4) is 0 Å². The van der Waals surface area contributed by atoms with Crippen LogP contribution >= 0.6 is 11.6 Å². The molecule has 1 N–H and O–H groups in total. The van der Waals surface area contributed by atoms with Crippen molar-refractivity contribution in [3.63, 3.8) is 0 Å². The largest absolute Gasteiger partial charge is 0.437 e. The first kappa shape index (κ1) is 19.6. The molecule has 1 aliphatic rings. The Morgan fingerprint density at radius 1 is 1.24 bits per heavy atom. The minimum absolute atomic E-state index is 0.0142. The third-order valence-electron chi connectivity index (χ3n) is 5.05. The van der Waals surface area contributed by atoms with Crippen LogP contribution in [0.2, 0.25) is 5.02 Å². The van der Waals surface area contributed by atoms with Gasteiger partial charge in [-0.15, -0.1) is 5.10 Å². The fraction of sp³-hybridized carbons (Fsp3) is 0.429. The van der Waals surface area contributed by atoms with E-state index in [0.717, 1.165) is 25.7 Å². The Kier molecular flexibility index (Phi) is 5.17. The van der Waals surface area contributed by atoms with Crippen molar-refractivity contribution in [1.82, 2.24) is 19.7 Å². The van der Waals surface area contributed by atoms with E-state index in [1.165, 1.54) is 6.33 Å². The molecule has 29 heavy (non-hydrogen) atoms. The molecule has 8 heteroatoms. The van der Waals surface area contributed by atoms with Gasteiger partial charge < -0.3 is 10.1 Å². The summed E-state index contributed by atoms with van der Waals surface area (Å²) in [7, 11) is 0. The zero-order valence-electron chi connectivity index (χ0n) is 16.8. The molecule has 152 valence electrons. The summed E-state index contributed by atoms with van der Waals surface area (Å²) in [5.41, 5.74) is 0.265. The number of hydrogen-bond acceptors (Lipinski definition) is 5. The van der Waals surface area contributed by atoms with E-state index in [1.807, 2.05) is 20.8 Å². The lowest BCUT2D eigenvalue weighted by Crippen LogP contribution is -2.23. The molecule has 1 amide bonds. The van der Waals surface area contributed by atoms with E-state index in [-0.39, 0.29) is 17.4 Å². The lowest BCUT2D eigenvalue weighted by Gasteiger charge is -2.19. The summed E-state index contributed by atoms with van der Waals surface area (Å²) in [5.74, 6) is 1.31. The van der Waals surface area contributed by atoms with Gasteiger partial charge in [-0.25, -0.2) is 14.6 Å². The standard InChI is InChI=1S/C21H24ClN5O2/c1-21(2,3)27-18-16(20(26-27)29-15-10-6-9-14(22)11-15)17(23-12-24-18)25-19(28)13-7-4-5-8-13/h6,9-13H,4-5,7-8H2,1-3H3,(H,23,24,25,28). The van der Waals surface area contributed by atoms with E-state index in [0.29, 0.717) is 33.5 Å². The normalized spacial score (nSPS) is 15.0. The number of rotatable bonds is 4. The van der Waals surface area contributed by atoms with Gasteiger partial charge in [0.25, 0.3) is 5.88 Å². The van der Waals surface area contributed by atoms with E-state index in [2.05, 4.69) is 20.4 Å². The molecule has 0 bridgehead atoms. The lowest BCUT2D eigenvalue weighted by atomic mass is 10.1. The van der Waals surface area contributed by atoms with Crippen molar-refractivity contribution in [3.05, 3.63) is 35.6 Å². The number of halogens is 1. The van der Waals surface area contributed by atoms with Crippen LogP contribution < -0.4 is 10.1 Å². The van der Waals surface area contributed by atoms with E-state index in [1.54, 1.807) is 28.9 Å². The molecule has 2 aromatic heterocycles. The Morgan fingerprint density at radius 2 is 2.00 bits per heavy atom. The zero-order chi connectivity index (χ0) is 20.6. The summed E-state index contributed by atoms with van der Waals surface area (Å²) < 4.78 is 7.84. The maximum absolute atomic E-state index is 12.7. The summed E-state index contributed by atoms with van der Waals surface area (Å²) in [6, 6.07) is 7.09. The van der Waals surface area contributed by atoms with Crippen LogP contribution in [0.5, 0.6) is 11.6 Å². The average Bonchev–Trinajstić information content (AvgIpc) is 3.30. The number of anilines is 1. The number of nitrogens with one attached hydrogen (secondary N) is 1. The fourth-order valence-electron chi connectivity index (χ4n) is 3.60. The van der Waals surface area contributed by atoms with Crippen molar-refractivity contribution >= 4 is 34.4 Å². The van der Waals surface area contributed by atoms with Gasteiger partial charge in [0, 0.05) is 10.9 Å². The molecule has 0 unspecified atom stereocenters. The second-order valence-electron chi connectivity index (χ2n) is 8.34. The molecule has 0 aliphatic heterocycles. The summed E-state index contributed by atoms with van der Waals surface area (Å²) in [6.45, 7) is 6.09. The summed E-state index contributed by atoms with van der Waals surface area (Å²) in [6.07, 6.45) is 5.44. The van der Waals surface area contributed by atoms with Crippen molar-refractivity contribution < 1.29 is 9.53 Å². The highest BCUT2D eigenvalue weighted by Crippen LogP contribution is 2.36. The third-order valence-corrected chi connectivity index (χ3v) is 5.28. The SMILES string of the molecule is CC(C)(C)n1nc(Oc2cccc(Cl)c2)c2c(NC(=O)C3CCCC3)ncnc21. The van der Waals surface area contributed by atoms with Crippen LogP contribution in [-0.4, -0.2) is 25.7 Å². The molecule has 0 saturated heterocycles. The minimum atomic E-state index is -0.338. The quantitative estimate of drug-likeness (QED) is 0.639. The van der Waals surface area contributed by atoms with E-state index in [4.69, 9.17) is 16.3 Å². The highest BCUT2D eigenvalue weighted by Gasteiger charge is 2.28. The van der Waals surface area contributed by atoms with Gasteiger partial charge in [0.2, 0.25) is 5.91 Å². The highest BCUT2D eigenvalue weighted by atomic mass is 35.5. The van der Waals surface area contributed by atoms with Gasteiger partial charge in [-0.2, -0.15) is 0 Å². The van der Waals surface area contributed by atoms with Gasteiger partial charge in [0.15, 0.2) is 11.5 Å². The van der Waals surface area contributed by atoms with Gasteiger partial charge in [0.1, 0.15) is 17.5 Å². The number of carbonyl (C=O) groups is 1. The number of carbonyl (C=O) groups excluding carboxylic acids is 1. The van der Waals surface area contributed by atoms with Crippen LogP contribution in [0, 0.1) is 5.92 Å². The fourth-order valence-corrected chi connectivity index (χ4v) is 3.79. The molecule has 0 spiro atoms. The Balaban J connectivity index is 1.79. The predicted molar refractivity (Wildman–Crippen MR) is 112 cm³/mol. The van der Waals surface area contributed by atoms with Gasteiger partial charge >= 0.3 is 0 Å². The summed E-state index contributed by atoms with van der Waals surface area (Å²) in [5, 5.41) is 8.77. The maximum atomic E-state index is 12.7. The third kappa shape index (κ3) is 4.05. The van der Waals surface area contributed by atoms with Crippen LogP contribution in [0.25, 0.3) is 11.0 Å². The van der Waals surface area contributed by atoms with Crippen LogP contribution in [0.1, 0.15) is 46.5 Å². The van der Waals surface area contributed by atoms with Crippen molar-refractivity contribution in [2.75, 3.05) is 5.32 Å². The lowest BCUT2D eigenvalue weighted by molar-refractivity contribution is -0.119. The highest BCUT2D eigenvalue weighted by molar-refractivity contribution is 6.30. The Bertz CT molecular complexity index is 1050. The van der Waals surface area contributed by atoms with Gasteiger partial charge in [-0.1, -0.05) is 30.5 Å². The van der Waals surface area contributed by atoms with Gasteiger partial charge in [-0.05, 0) is 51.8 Å². The van der Waals surface area contributed by atoms with Crippen LogP contribution in [0.15, 0.2) is 30.6 Å². The average molecular weight is 414 g/mol. The van der Waals surface area contributed by atoms with Gasteiger partial charge in [-0.3, -0.25) is 4.79 Å². The molecule has 2 heterocycles.